The maximum Gasteiger partial charge on any atom is 0.0556 e. The number of nitrogens with one attached hydrogen (secondary N) is 2. The van der Waals surface area contributed by atoms with Crippen LogP contribution in [0.3, 0.4) is 0 Å². The second-order valence-electron chi connectivity index (χ2n) is 7.34. The predicted octanol–water partition coefficient (Wildman–Crippen LogP) is 8.41. The highest BCUT2D eigenvalue weighted by atomic mass is 32.2. The number of anilines is 4. The van der Waals surface area contributed by atoms with Gasteiger partial charge in [0.15, 0.2) is 0 Å². The fourth-order valence-corrected chi connectivity index (χ4v) is 5.74. The molecule has 0 aromatic heterocycles. The van der Waals surface area contributed by atoms with Gasteiger partial charge in [-0.25, -0.2) is 0 Å². The van der Waals surface area contributed by atoms with Crippen molar-refractivity contribution in [1.82, 2.24) is 0 Å². The van der Waals surface area contributed by atoms with Crippen LogP contribution >= 0.6 is 23.5 Å². The van der Waals surface area contributed by atoms with Crippen molar-refractivity contribution in [2.45, 2.75) is 33.4 Å². The number of hydrogen-bond acceptors (Lipinski definition) is 4. The molecule has 2 heterocycles. The van der Waals surface area contributed by atoms with E-state index in [4.69, 9.17) is 0 Å². The maximum absolute atomic E-state index is 3.49. The molecule has 4 heteroatoms. The van der Waals surface area contributed by atoms with Gasteiger partial charge in [0.05, 0.1) is 22.7 Å². The Morgan fingerprint density at radius 1 is 0.467 bits per heavy atom. The largest absolute Gasteiger partial charge is 0.353 e. The monoisotopic (exact) mass is 426 g/mol. The van der Waals surface area contributed by atoms with Crippen molar-refractivity contribution in [2.75, 3.05) is 10.6 Å². The quantitative estimate of drug-likeness (QED) is 0.255. The van der Waals surface area contributed by atoms with Gasteiger partial charge in [0.1, 0.15) is 0 Å². The lowest BCUT2D eigenvalue weighted by molar-refractivity contribution is 1.27. The molecule has 0 amide bonds. The molecule has 0 aliphatic carbocycles. The number of rotatable bonds is 0. The lowest BCUT2D eigenvalue weighted by Crippen LogP contribution is -2.00. The second-order valence-corrected chi connectivity index (χ2v) is 9.51. The van der Waals surface area contributed by atoms with Crippen molar-refractivity contribution < 1.29 is 0 Å². The number of benzene rings is 4. The molecular formula is C26H22N2S2. The molecule has 148 valence electrons. The Labute approximate surface area is 186 Å². The molecule has 0 spiro atoms. The van der Waals surface area contributed by atoms with Crippen LogP contribution in [0.1, 0.15) is 11.1 Å². The molecule has 0 saturated heterocycles. The summed E-state index contributed by atoms with van der Waals surface area (Å²) in [4.78, 5) is 5.23. The summed E-state index contributed by atoms with van der Waals surface area (Å²) >= 11 is 3.67. The lowest BCUT2D eigenvalue weighted by Gasteiger charge is -2.21. The van der Waals surface area contributed by atoms with Crippen LogP contribution in [0.25, 0.3) is 0 Å². The first kappa shape index (κ1) is 19.2. The molecule has 2 nitrogen and oxygen atoms in total. The third kappa shape index (κ3) is 3.69. The fourth-order valence-electron chi connectivity index (χ4n) is 3.60. The van der Waals surface area contributed by atoms with Gasteiger partial charge in [0.25, 0.3) is 0 Å². The maximum atomic E-state index is 3.49. The average Bonchev–Trinajstić information content (AvgIpc) is 2.78. The van der Waals surface area contributed by atoms with E-state index in [2.05, 4.69) is 109 Å². The highest BCUT2D eigenvalue weighted by molar-refractivity contribution is 8.00. The Balaban J connectivity index is 0.000000128. The summed E-state index contributed by atoms with van der Waals surface area (Å²) in [6.45, 7) is 4.28. The van der Waals surface area contributed by atoms with Crippen molar-refractivity contribution in [3.63, 3.8) is 0 Å². The van der Waals surface area contributed by atoms with E-state index in [-0.39, 0.29) is 0 Å². The summed E-state index contributed by atoms with van der Waals surface area (Å²) < 4.78 is 0. The SMILES string of the molecule is Cc1cccc2c1Nc1ccccc1S2.Cc1cccc2c1Nc1ccccc1S2. The van der Waals surface area contributed by atoms with Crippen LogP contribution in [-0.2, 0) is 0 Å². The second kappa shape index (κ2) is 8.13. The third-order valence-electron chi connectivity index (χ3n) is 5.20. The van der Waals surface area contributed by atoms with Crippen molar-refractivity contribution in [3.05, 3.63) is 96.1 Å². The van der Waals surface area contributed by atoms with Crippen molar-refractivity contribution in [1.29, 1.82) is 0 Å². The molecule has 0 fully saturated rings. The summed E-state index contributed by atoms with van der Waals surface area (Å²) in [6.07, 6.45) is 0. The fraction of sp³-hybridized carbons (Fsp3) is 0.0769. The molecule has 0 bridgehead atoms. The van der Waals surface area contributed by atoms with Gasteiger partial charge >= 0.3 is 0 Å². The zero-order chi connectivity index (χ0) is 20.5. The van der Waals surface area contributed by atoms with Gasteiger partial charge in [0, 0.05) is 19.6 Å². The predicted molar refractivity (Wildman–Crippen MR) is 130 cm³/mol. The standard InChI is InChI=1S/2C13H11NS/c2*1-9-5-4-8-12-13(9)14-10-6-2-3-7-11(10)15-12/h2*2-8,14H,1H3. The van der Waals surface area contributed by atoms with Crippen LogP contribution in [0.2, 0.25) is 0 Å². The summed E-state index contributed by atoms with van der Waals surface area (Å²) in [7, 11) is 0. The van der Waals surface area contributed by atoms with Gasteiger partial charge in [-0.05, 0) is 61.4 Å². The number of aryl methyl sites for hydroxylation is 2. The van der Waals surface area contributed by atoms with E-state index in [9.17, 15) is 0 Å². The first-order valence-corrected chi connectivity index (χ1v) is 11.6. The molecule has 4 aromatic carbocycles. The molecule has 6 rings (SSSR count). The van der Waals surface area contributed by atoms with Gasteiger partial charge in [-0.2, -0.15) is 0 Å². The van der Waals surface area contributed by atoms with Gasteiger partial charge < -0.3 is 10.6 Å². The molecule has 0 radical (unpaired) electrons. The Morgan fingerprint density at radius 3 is 1.33 bits per heavy atom. The molecule has 0 atom stereocenters. The first-order chi connectivity index (χ1) is 14.7. The zero-order valence-corrected chi connectivity index (χ0v) is 18.5. The Morgan fingerprint density at radius 2 is 0.867 bits per heavy atom. The van der Waals surface area contributed by atoms with Gasteiger partial charge in [-0.3, -0.25) is 0 Å². The minimum absolute atomic E-state index is 1.21. The summed E-state index contributed by atoms with van der Waals surface area (Å²) in [5, 5.41) is 6.98. The molecule has 2 aliphatic rings. The number of para-hydroxylation sites is 4. The Kier molecular flexibility index (Phi) is 5.19. The lowest BCUT2D eigenvalue weighted by atomic mass is 10.2. The number of fused-ring (bicyclic) bond motifs is 4. The van der Waals surface area contributed by atoms with Crippen LogP contribution in [0.15, 0.2) is 105 Å². The highest BCUT2D eigenvalue weighted by Crippen LogP contribution is 2.46. The van der Waals surface area contributed by atoms with Gasteiger partial charge in [-0.15, -0.1) is 0 Å². The molecule has 0 saturated carbocycles. The van der Waals surface area contributed by atoms with Crippen molar-refractivity contribution in [3.8, 4) is 0 Å². The summed E-state index contributed by atoms with van der Waals surface area (Å²) in [6, 6.07) is 29.7. The summed E-state index contributed by atoms with van der Waals surface area (Å²) in [5.74, 6) is 0. The molecule has 30 heavy (non-hydrogen) atoms. The molecular weight excluding hydrogens is 404 g/mol. The molecule has 2 N–H and O–H groups in total. The zero-order valence-electron chi connectivity index (χ0n) is 16.9. The van der Waals surface area contributed by atoms with E-state index in [1.165, 1.54) is 53.5 Å². The van der Waals surface area contributed by atoms with Crippen LogP contribution in [-0.4, -0.2) is 0 Å². The van der Waals surface area contributed by atoms with E-state index >= 15 is 0 Å². The van der Waals surface area contributed by atoms with Crippen LogP contribution < -0.4 is 10.6 Å². The number of hydrogen-bond donors (Lipinski definition) is 2. The van der Waals surface area contributed by atoms with E-state index < -0.39 is 0 Å². The van der Waals surface area contributed by atoms with E-state index in [0.29, 0.717) is 0 Å². The molecule has 4 aromatic rings. The molecule has 0 unspecified atom stereocenters. The van der Waals surface area contributed by atoms with E-state index in [1.807, 2.05) is 23.5 Å². The smallest absolute Gasteiger partial charge is 0.0556 e. The van der Waals surface area contributed by atoms with Crippen LogP contribution in [0, 0.1) is 13.8 Å². The van der Waals surface area contributed by atoms with Gasteiger partial charge in [0.2, 0.25) is 0 Å². The Bertz CT molecular complexity index is 1140. The third-order valence-corrected chi connectivity index (χ3v) is 7.47. The van der Waals surface area contributed by atoms with E-state index in [1.54, 1.807) is 0 Å². The first-order valence-electron chi connectivity index (χ1n) is 9.96. The summed E-state index contributed by atoms with van der Waals surface area (Å²) in [5.41, 5.74) is 7.53. The average molecular weight is 427 g/mol. The minimum atomic E-state index is 1.21. The topological polar surface area (TPSA) is 24.1 Å². The highest BCUT2D eigenvalue weighted by Gasteiger charge is 2.16. The Hall–Kier alpha value is -2.82. The minimum Gasteiger partial charge on any atom is -0.353 e. The molecule has 2 aliphatic heterocycles. The van der Waals surface area contributed by atoms with Crippen molar-refractivity contribution in [2.24, 2.45) is 0 Å². The van der Waals surface area contributed by atoms with E-state index in [0.717, 1.165) is 0 Å². The normalized spacial score (nSPS) is 12.6. The van der Waals surface area contributed by atoms with Gasteiger partial charge in [-0.1, -0.05) is 72.1 Å². The van der Waals surface area contributed by atoms with Crippen molar-refractivity contribution >= 4 is 46.3 Å². The van der Waals surface area contributed by atoms with Crippen LogP contribution in [0.5, 0.6) is 0 Å². The van der Waals surface area contributed by atoms with Crippen LogP contribution in [0.4, 0.5) is 22.7 Å².